The molecule has 0 spiro atoms. The van der Waals surface area contributed by atoms with Crippen molar-refractivity contribution in [2.45, 2.75) is 62.9 Å². The van der Waals surface area contributed by atoms with Gasteiger partial charge in [0.2, 0.25) is 5.91 Å². The van der Waals surface area contributed by atoms with Crippen molar-refractivity contribution < 1.29 is 14.7 Å². The molecule has 0 aromatic rings. The van der Waals surface area contributed by atoms with Crippen LogP contribution in [0.4, 0.5) is 0 Å². The molecule has 1 unspecified atom stereocenters. The first-order valence-corrected chi connectivity index (χ1v) is 6.81. The minimum Gasteiger partial charge on any atom is -0.481 e. The first-order chi connectivity index (χ1) is 8.52. The predicted molar refractivity (Wildman–Crippen MR) is 67.2 cm³/mol. The molecule has 5 nitrogen and oxygen atoms in total. The summed E-state index contributed by atoms with van der Waals surface area (Å²) in [7, 11) is 0. The Labute approximate surface area is 107 Å². The fourth-order valence-corrected chi connectivity index (χ4v) is 3.06. The zero-order valence-corrected chi connectivity index (χ0v) is 10.9. The molecule has 1 saturated heterocycles. The van der Waals surface area contributed by atoms with E-state index < -0.39 is 17.0 Å². The molecule has 0 aromatic heterocycles. The van der Waals surface area contributed by atoms with E-state index in [1.54, 1.807) is 0 Å². The first-order valence-electron chi connectivity index (χ1n) is 6.81. The van der Waals surface area contributed by atoms with Gasteiger partial charge in [-0.2, -0.15) is 0 Å². The second-order valence-corrected chi connectivity index (χ2v) is 5.62. The molecule has 0 radical (unpaired) electrons. The minimum atomic E-state index is -0.833. The molecular formula is C13H22N2O3. The van der Waals surface area contributed by atoms with Gasteiger partial charge < -0.3 is 15.7 Å². The Balaban J connectivity index is 2.03. The summed E-state index contributed by atoms with van der Waals surface area (Å²) in [5.41, 5.74) is -0.962. The van der Waals surface area contributed by atoms with E-state index in [-0.39, 0.29) is 12.3 Å². The molecule has 1 aliphatic heterocycles. The van der Waals surface area contributed by atoms with Crippen LogP contribution in [0.5, 0.6) is 0 Å². The van der Waals surface area contributed by atoms with Gasteiger partial charge in [-0.3, -0.25) is 9.59 Å². The molecule has 1 aliphatic carbocycles. The van der Waals surface area contributed by atoms with Gasteiger partial charge in [0.25, 0.3) is 0 Å². The third kappa shape index (κ3) is 2.36. The molecule has 0 bridgehead atoms. The number of amides is 1. The monoisotopic (exact) mass is 254 g/mol. The van der Waals surface area contributed by atoms with Crippen LogP contribution in [0.3, 0.4) is 0 Å². The smallest absolute Gasteiger partial charge is 0.305 e. The molecule has 18 heavy (non-hydrogen) atoms. The summed E-state index contributed by atoms with van der Waals surface area (Å²) in [4.78, 5) is 23.3. The van der Waals surface area contributed by atoms with Crippen LogP contribution in [-0.4, -0.2) is 34.6 Å². The Morgan fingerprint density at radius 2 is 2.00 bits per heavy atom. The van der Waals surface area contributed by atoms with E-state index in [4.69, 9.17) is 5.11 Å². The minimum absolute atomic E-state index is 0.0107. The average Bonchev–Trinajstić information content (AvgIpc) is 2.75. The van der Waals surface area contributed by atoms with Gasteiger partial charge in [-0.15, -0.1) is 0 Å². The zero-order valence-electron chi connectivity index (χ0n) is 10.9. The highest BCUT2D eigenvalue weighted by molar-refractivity contribution is 5.88. The highest BCUT2D eigenvalue weighted by Crippen LogP contribution is 2.36. The van der Waals surface area contributed by atoms with Crippen molar-refractivity contribution in [2.24, 2.45) is 0 Å². The Hall–Kier alpha value is -1.10. The molecule has 1 atom stereocenters. The third-order valence-electron chi connectivity index (χ3n) is 4.46. The topological polar surface area (TPSA) is 78.4 Å². The third-order valence-corrected chi connectivity index (χ3v) is 4.46. The van der Waals surface area contributed by atoms with Crippen LogP contribution >= 0.6 is 0 Å². The van der Waals surface area contributed by atoms with Crippen LogP contribution < -0.4 is 10.6 Å². The molecule has 1 heterocycles. The number of carboxylic acids is 1. The van der Waals surface area contributed by atoms with E-state index in [1.165, 1.54) is 0 Å². The maximum Gasteiger partial charge on any atom is 0.305 e. The molecule has 2 fully saturated rings. The maximum atomic E-state index is 12.4. The molecule has 2 aliphatic rings. The van der Waals surface area contributed by atoms with E-state index in [1.807, 2.05) is 6.92 Å². The molecule has 1 saturated carbocycles. The Morgan fingerprint density at radius 1 is 1.28 bits per heavy atom. The Kier molecular flexibility index (Phi) is 3.61. The van der Waals surface area contributed by atoms with E-state index in [0.717, 1.165) is 45.1 Å². The van der Waals surface area contributed by atoms with Gasteiger partial charge in [-0.1, -0.05) is 6.92 Å². The maximum absolute atomic E-state index is 12.4. The highest BCUT2D eigenvalue weighted by Gasteiger charge is 2.46. The quantitative estimate of drug-likeness (QED) is 0.685. The number of hydrogen-bond acceptors (Lipinski definition) is 3. The number of rotatable bonds is 5. The predicted octanol–water partition coefficient (Wildman–Crippen LogP) is 1.03. The fraction of sp³-hybridized carbons (Fsp3) is 0.846. The van der Waals surface area contributed by atoms with Crippen LogP contribution in [-0.2, 0) is 9.59 Å². The van der Waals surface area contributed by atoms with Gasteiger partial charge in [-0.05, 0) is 45.1 Å². The van der Waals surface area contributed by atoms with Crippen molar-refractivity contribution >= 4 is 11.9 Å². The Bertz CT molecular complexity index is 344. The largest absolute Gasteiger partial charge is 0.481 e. The van der Waals surface area contributed by atoms with E-state index in [9.17, 15) is 9.59 Å². The van der Waals surface area contributed by atoms with Gasteiger partial charge >= 0.3 is 5.97 Å². The highest BCUT2D eigenvalue weighted by atomic mass is 16.4. The van der Waals surface area contributed by atoms with Crippen molar-refractivity contribution in [3.05, 3.63) is 0 Å². The van der Waals surface area contributed by atoms with E-state index in [2.05, 4.69) is 10.6 Å². The zero-order chi connectivity index (χ0) is 13.2. The van der Waals surface area contributed by atoms with Crippen molar-refractivity contribution in [2.75, 3.05) is 6.54 Å². The summed E-state index contributed by atoms with van der Waals surface area (Å²) in [6.45, 7) is 2.87. The number of aliphatic carboxylic acids is 1. The number of nitrogens with one attached hydrogen (secondary N) is 2. The second-order valence-electron chi connectivity index (χ2n) is 5.62. The normalized spacial score (nSPS) is 29.6. The molecular weight excluding hydrogens is 232 g/mol. The SMILES string of the molecule is CCC1(C(=O)NC2(CC(=O)O)CCC2)CCCN1. The van der Waals surface area contributed by atoms with Crippen molar-refractivity contribution in [1.82, 2.24) is 10.6 Å². The van der Waals surface area contributed by atoms with Crippen molar-refractivity contribution in [3.63, 3.8) is 0 Å². The lowest BCUT2D eigenvalue weighted by Crippen LogP contribution is -2.62. The van der Waals surface area contributed by atoms with Gasteiger partial charge in [-0.25, -0.2) is 0 Å². The number of carbonyl (C=O) groups excluding carboxylic acids is 1. The van der Waals surface area contributed by atoms with Gasteiger partial charge in [0.1, 0.15) is 0 Å². The number of carboxylic acid groups (broad SMARTS) is 1. The summed E-state index contributed by atoms with van der Waals surface area (Å²) in [6, 6.07) is 0. The first kappa shape index (κ1) is 13.3. The summed E-state index contributed by atoms with van der Waals surface area (Å²) >= 11 is 0. The average molecular weight is 254 g/mol. The lowest BCUT2D eigenvalue weighted by Gasteiger charge is -2.43. The van der Waals surface area contributed by atoms with Gasteiger partial charge in [0.15, 0.2) is 0 Å². The summed E-state index contributed by atoms with van der Waals surface area (Å²) in [5.74, 6) is -0.844. The fourth-order valence-electron chi connectivity index (χ4n) is 3.06. The number of carbonyl (C=O) groups is 2. The molecule has 3 N–H and O–H groups in total. The molecule has 2 rings (SSSR count). The van der Waals surface area contributed by atoms with Crippen LogP contribution in [0.15, 0.2) is 0 Å². The standard InChI is InChI=1S/C13H22N2O3/c1-2-13(7-4-8-14-13)11(18)15-12(5-3-6-12)9-10(16)17/h14H,2-9H2,1H3,(H,15,18)(H,16,17). The summed E-state index contributed by atoms with van der Waals surface area (Å²) in [6.07, 6.45) is 5.21. The molecule has 102 valence electrons. The molecule has 1 amide bonds. The second kappa shape index (κ2) is 4.88. The molecule has 0 aromatic carbocycles. The van der Waals surface area contributed by atoms with Crippen LogP contribution in [0.25, 0.3) is 0 Å². The van der Waals surface area contributed by atoms with Crippen LogP contribution in [0, 0.1) is 0 Å². The van der Waals surface area contributed by atoms with Crippen molar-refractivity contribution in [3.8, 4) is 0 Å². The van der Waals surface area contributed by atoms with Crippen molar-refractivity contribution in [1.29, 1.82) is 0 Å². The Morgan fingerprint density at radius 3 is 2.39 bits per heavy atom. The van der Waals surface area contributed by atoms with Crippen LogP contribution in [0.2, 0.25) is 0 Å². The van der Waals surface area contributed by atoms with E-state index >= 15 is 0 Å². The van der Waals surface area contributed by atoms with Gasteiger partial charge in [0, 0.05) is 0 Å². The summed E-state index contributed by atoms with van der Waals surface area (Å²) < 4.78 is 0. The summed E-state index contributed by atoms with van der Waals surface area (Å²) in [5, 5.41) is 15.2. The lowest BCUT2D eigenvalue weighted by molar-refractivity contribution is -0.141. The lowest BCUT2D eigenvalue weighted by atomic mass is 9.73. The van der Waals surface area contributed by atoms with E-state index in [0.29, 0.717) is 0 Å². The number of hydrogen-bond donors (Lipinski definition) is 3. The molecule has 5 heteroatoms. The van der Waals surface area contributed by atoms with Crippen LogP contribution in [0.1, 0.15) is 51.9 Å². The van der Waals surface area contributed by atoms with Gasteiger partial charge in [0.05, 0.1) is 17.5 Å².